The van der Waals surface area contributed by atoms with Gasteiger partial charge in [-0.25, -0.2) is 0 Å². The molecule has 0 spiro atoms. The van der Waals surface area contributed by atoms with Crippen LogP contribution in [-0.2, 0) is 10.2 Å². The first-order valence-electron chi connectivity index (χ1n) is 8.71. The molecule has 0 unspecified atom stereocenters. The molecule has 0 heterocycles. The lowest BCUT2D eigenvalue weighted by molar-refractivity contribution is -0.125. The topological polar surface area (TPSA) is 29.1 Å². The van der Waals surface area contributed by atoms with Crippen molar-refractivity contribution in [3.63, 3.8) is 0 Å². The Morgan fingerprint density at radius 1 is 0.913 bits per heavy atom. The predicted molar refractivity (Wildman–Crippen MR) is 93.3 cm³/mol. The van der Waals surface area contributed by atoms with Crippen LogP contribution >= 0.6 is 0 Å². The van der Waals surface area contributed by atoms with Gasteiger partial charge in [0.25, 0.3) is 0 Å². The van der Waals surface area contributed by atoms with Gasteiger partial charge in [0.15, 0.2) is 0 Å². The van der Waals surface area contributed by atoms with Gasteiger partial charge in [0, 0.05) is 6.04 Å². The number of amides is 1. The molecule has 23 heavy (non-hydrogen) atoms. The Balaban J connectivity index is 1.75. The molecule has 118 valence electrons. The fourth-order valence-corrected chi connectivity index (χ4v) is 4.27. The van der Waals surface area contributed by atoms with E-state index in [2.05, 4.69) is 48.6 Å². The zero-order valence-corrected chi connectivity index (χ0v) is 13.6. The zero-order chi connectivity index (χ0) is 15.9. The van der Waals surface area contributed by atoms with E-state index >= 15 is 0 Å². The fourth-order valence-electron chi connectivity index (χ4n) is 4.27. The van der Waals surface area contributed by atoms with Crippen LogP contribution in [0.2, 0.25) is 0 Å². The summed E-state index contributed by atoms with van der Waals surface area (Å²) in [7, 11) is 0. The highest BCUT2D eigenvalue weighted by Gasteiger charge is 2.45. The van der Waals surface area contributed by atoms with Gasteiger partial charge in [0.2, 0.25) is 5.91 Å². The molecule has 0 bridgehead atoms. The first kappa shape index (κ1) is 14.5. The van der Waals surface area contributed by atoms with Crippen LogP contribution in [-0.4, -0.2) is 11.9 Å². The molecule has 0 saturated heterocycles. The number of fused-ring (bicyclic) bond motifs is 3. The lowest BCUT2D eigenvalue weighted by Gasteiger charge is -2.30. The summed E-state index contributed by atoms with van der Waals surface area (Å²) in [6, 6.07) is 17.0. The smallest absolute Gasteiger partial charge is 0.235 e. The van der Waals surface area contributed by atoms with E-state index in [0.29, 0.717) is 6.04 Å². The van der Waals surface area contributed by atoms with Gasteiger partial charge in [-0.1, -0.05) is 67.8 Å². The van der Waals surface area contributed by atoms with E-state index in [-0.39, 0.29) is 5.91 Å². The first-order chi connectivity index (χ1) is 11.2. The average Bonchev–Trinajstić information content (AvgIpc) is 2.87. The minimum atomic E-state index is -0.579. The summed E-state index contributed by atoms with van der Waals surface area (Å²) in [6.45, 7) is 2.08. The third kappa shape index (κ3) is 2.20. The lowest BCUT2D eigenvalue weighted by atomic mass is 9.78. The molecule has 2 aromatic carbocycles. The lowest BCUT2D eigenvalue weighted by Crippen LogP contribution is -2.47. The molecule has 2 aliphatic rings. The highest BCUT2D eigenvalue weighted by Crippen LogP contribution is 2.48. The second kappa shape index (κ2) is 5.52. The molecular formula is C21H23NO. The van der Waals surface area contributed by atoms with Crippen molar-refractivity contribution in [3.05, 3.63) is 59.7 Å². The van der Waals surface area contributed by atoms with Crippen molar-refractivity contribution in [1.29, 1.82) is 0 Å². The van der Waals surface area contributed by atoms with Gasteiger partial charge in [-0.2, -0.15) is 0 Å². The third-order valence-corrected chi connectivity index (χ3v) is 5.62. The molecule has 2 aliphatic carbocycles. The van der Waals surface area contributed by atoms with Gasteiger partial charge in [0.1, 0.15) is 0 Å². The maximum atomic E-state index is 13.2. The molecule has 0 radical (unpaired) electrons. The molecule has 0 atom stereocenters. The molecule has 1 amide bonds. The van der Waals surface area contributed by atoms with E-state index in [9.17, 15) is 4.79 Å². The Hall–Kier alpha value is -2.09. The minimum absolute atomic E-state index is 0.154. The monoisotopic (exact) mass is 305 g/mol. The van der Waals surface area contributed by atoms with Crippen molar-refractivity contribution in [2.24, 2.45) is 0 Å². The third-order valence-electron chi connectivity index (χ3n) is 5.62. The van der Waals surface area contributed by atoms with Crippen LogP contribution in [0.4, 0.5) is 0 Å². The van der Waals surface area contributed by atoms with E-state index in [4.69, 9.17) is 0 Å². The van der Waals surface area contributed by atoms with Crippen LogP contribution in [0.3, 0.4) is 0 Å². The summed E-state index contributed by atoms with van der Waals surface area (Å²) in [5.74, 6) is 0.154. The standard InChI is InChI=1S/C21H23NO/c1-21(20(23)22-15-9-3-2-4-10-15)18-13-7-5-11-16(18)17-12-6-8-14-19(17)21/h5-8,11-15H,2-4,9-10H2,1H3,(H,22,23). The van der Waals surface area contributed by atoms with Crippen molar-refractivity contribution < 1.29 is 4.79 Å². The van der Waals surface area contributed by atoms with Crippen molar-refractivity contribution in [1.82, 2.24) is 5.32 Å². The van der Waals surface area contributed by atoms with Crippen molar-refractivity contribution in [3.8, 4) is 11.1 Å². The quantitative estimate of drug-likeness (QED) is 0.874. The number of carbonyl (C=O) groups is 1. The van der Waals surface area contributed by atoms with Gasteiger partial charge in [-0.05, 0) is 42.0 Å². The number of hydrogen-bond donors (Lipinski definition) is 1. The molecule has 1 fully saturated rings. The largest absolute Gasteiger partial charge is 0.352 e. The van der Waals surface area contributed by atoms with Gasteiger partial charge in [-0.15, -0.1) is 0 Å². The number of rotatable bonds is 2. The fraction of sp³-hybridized carbons (Fsp3) is 0.381. The zero-order valence-electron chi connectivity index (χ0n) is 13.6. The van der Waals surface area contributed by atoms with Gasteiger partial charge >= 0.3 is 0 Å². The molecule has 2 nitrogen and oxygen atoms in total. The summed E-state index contributed by atoms with van der Waals surface area (Å²) < 4.78 is 0. The van der Waals surface area contributed by atoms with Crippen molar-refractivity contribution in [2.45, 2.75) is 50.5 Å². The van der Waals surface area contributed by atoms with E-state index in [1.165, 1.54) is 30.4 Å². The Bertz CT molecular complexity index is 698. The van der Waals surface area contributed by atoms with Crippen LogP contribution < -0.4 is 5.32 Å². The Labute approximate surface area is 137 Å². The number of benzene rings is 2. The van der Waals surface area contributed by atoms with E-state index in [1.54, 1.807) is 0 Å². The molecule has 0 aromatic heterocycles. The minimum Gasteiger partial charge on any atom is -0.352 e. The SMILES string of the molecule is CC1(C(=O)NC2CCCCC2)c2ccccc2-c2ccccc21. The Morgan fingerprint density at radius 2 is 1.43 bits per heavy atom. The molecular weight excluding hydrogens is 282 g/mol. The summed E-state index contributed by atoms with van der Waals surface area (Å²) in [6.07, 6.45) is 6.00. The molecule has 4 rings (SSSR count). The molecule has 2 aromatic rings. The van der Waals surface area contributed by atoms with Gasteiger partial charge in [0.05, 0.1) is 5.41 Å². The van der Waals surface area contributed by atoms with Gasteiger partial charge in [-0.3, -0.25) is 4.79 Å². The van der Waals surface area contributed by atoms with E-state index in [0.717, 1.165) is 24.0 Å². The second-order valence-electron chi connectivity index (χ2n) is 7.02. The average molecular weight is 305 g/mol. The van der Waals surface area contributed by atoms with E-state index in [1.807, 2.05) is 12.1 Å². The Kier molecular flexibility index (Phi) is 3.48. The van der Waals surface area contributed by atoms with Crippen LogP contribution in [0.15, 0.2) is 48.5 Å². The number of carbonyl (C=O) groups excluding carboxylic acids is 1. The number of nitrogens with one attached hydrogen (secondary N) is 1. The van der Waals surface area contributed by atoms with Crippen molar-refractivity contribution >= 4 is 5.91 Å². The van der Waals surface area contributed by atoms with Crippen LogP contribution in [0.5, 0.6) is 0 Å². The summed E-state index contributed by atoms with van der Waals surface area (Å²) in [5.41, 5.74) is 4.09. The maximum absolute atomic E-state index is 13.2. The molecule has 0 aliphatic heterocycles. The second-order valence-corrected chi connectivity index (χ2v) is 7.02. The Morgan fingerprint density at radius 3 is 2.00 bits per heavy atom. The summed E-state index contributed by atoms with van der Waals surface area (Å²) in [4.78, 5) is 13.2. The predicted octanol–water partition coefficient (Wildman–Crippen LogP) is 4.42. The molecule has 2 heteroatoms. The van der Waals surface area contributed by atoms with E-state index < -0.39 is 5.41 Å². The normalized spacial score (nSPS) is 19.0. The van der Waals surface area contributed by atoms with Crippen LogP contribution in [0.1, 0.15) is 50.2 Å². The highest BCUT2D eigenvalue weighted by atomic mass is 16.2. The van der Waals surface area contributed by atoms with Crippen molar-refractivity contribution in [2.75, 3.05) is 0 Å². The molecule has 1 saturated carbocycles. The van der Waals surface area contributed by atoms with Crippen LogP contribution in [0, 0.1) is 0 Å². The van der Waals surface area contributed by atoms with Gasteiger partial charge < -0.3 is 5.32 Å². The first-order valence-corrected chi connectivity index (χ1v) is 8.71. The number of hydrogen-bond acceptors (Lipinski definition) is 1. The maximum Gasteiger partial charge on any atom is 0.235 e. The van der Waals surface area contributed by atoms with Crippen LogP contribution in [0.25, 0.3) is 11.1 Å². The summed E-state index contributed by atoms with van der Waals surface area (Å²) in [5, 5.41) is 3.34. The molecule has 1 N–H and O–H groups in total. The highest BCUT2D eigenvalue weighted by molar-refractivity contribution is 6.00. The summed E-state index contributed by atoms with van der Waals surface area (Å²) >= 11 is 0.